The summed E-state index contributed by atoms with van der Waals surface area (Å²) < 4.78 is 43.0. The summed E-state index contributed by atoms with van der Waals surface area (Å²) in [6.07, 6.45) is 4.01. The average Bonchev–Trinajstić information content (AvgIpc) is 3.31. The fourth-order valence-electron chi connectivity index (χ4n) is 6.37. The van der Waals surface area contributed by atoms with E-state index in [2.05, 4.69) is 5.32 Å². The number of hydrogen-bond donors (Lipinski definition) is 2. The molecule has 2 atom stereocenters. The van der Waals surface area contributed by atoms with E-state index in [1.807, 2.05) is 6.92 Å². The predicted molar refractivity (Wildman–Crippen MR) is 139 cm³/mol. The third-order valence-electron chi connectivity index (χ3n) is 8.71. The number of aromatic nitrogens is 2. The van der Waals surface area contributed by atoms with Gasteiger partial charge in [-0.1, -0.05) is 13.0 Å². The number of cyclic esters (lactones) is 1. The standard InChI is InChI=1S/C29H31F2N3O5/c1-4-29(37)20-11-22-25-18(12-34(22)27(35)19(20)13-39-28(29)36)24(31)23-21(30)10-9-17(26(23)33-25)14(2)32-15-5-7-16(38-3)8-6-15/h9-11,14-16,32,37H,4-8,12-13H2,1-3H3/t14?,15?,16?,29-/m0/s1. The van der Waals surface area contributed by atoms with Crippen molar-refractivity contribution in [1.29, 1.82) is 0 Å². The zero-order valence-corrected chi connectivity index (χ0v) is 22.1. The number of esters is 1. The molecule has 0 bridgehead atoms. The van der Waals surface area contributed by atoms with Crippen LogP contribution in [0.25, 0.3) is 22.3 Å². The van der Waals surface area contributed by atoms with Crippen LogP contribution in [-0.4, -0.2) is 39.9 Å². The number of pyridine rings is 2. The molecule has 1 aromatic carbocycles. The van der Waals surface area contributed by atoms with Gasteiger partial charge in [-0.15, -0.1) is 0 Å². The molecule has 0 saturated heterocycles. The van der Waals surface area contributed by atoms with Crippen molar-refractivity contribution in [3.05, 3.63) is 62.4 Å². The number of rotatable bonds is 5. The number of ether oxygens (including phenoxy) is 2. The quantitative estimate of drug-likeness (QED) is 0.370. The summed E-state index contributed by atoms with van der Waals surface area (Å²) >= 11 is 0. The second kappa shape index (κ2) is 9.46. The predicted octanol–water partition coefficient (Wildman–Crippen LogP) is 3.97. The molecule has 2 aliphatic heterocycles. The summed E-state index contributed by atoms with van der Waals surface area (Å²) in [4.78, 5) is 30.6. The summed E-state index contributed by atoms with van der Waals surface area (Å²) in [5.74, 6) is -2.32. The lowest BCUT2D eigenvalue weighted by molar-refractivity contribution is -0.172. The monoisotopic (exact) mass is 539 g/mol. The molecule has 0 amide bonds. The number of nitrogens with one attached hydrogen (secondary N) is 1. The molecule has 1 aliphatic carbocycles. The van der Waals surface area contributed by atoms with Crippen LogP contribution in [0.2, 0.25) is 0 Å². The first kappa shape index (κ1) is 26.0. The highest BCUT2D eigenvalue weighted by molar-refractivity contribution is 5.89. The summed E-state index contributed by atoms with van der Waals surface area (Å²) in [6.45, 7) is 3.15. The molecule has 3 aromatic rings. The number of aliphatic hydroxyl groups is 1. The van der Waals surface area contributed by atoms with Crippen LogP contribution in [-0.2, 0) is 33.0 Å². The smallest absolute Gasteiger partial charge is 0.343 e. The maximum Gasteiger partial charge on any atom is 0.343 e. The van der Waals surface area contributed by atoms with E-state index in [-0.39, 0.29) is 76.7 Å². The van der Waals surface area contributed by atoms with Gasteiger partial charge in [0.1, 0.15) is 18.2 Å². The third kappa shape index (κ3) is 3.91. The highest BCUT2D eigenvalue weighted by Gasteiger charge is 2.45. The van der Waals surface area contributed by atoms with Gasteiger partial charge in [-0.25, -0.2) is 18.6 Å². The third-order valence-corrected chi connectivity index (χ3v) is 8.71. The van der Waals surface area contributed by atoms with Gasteiger partial charge in [-0.3, -0.25) is 4.79 Å². The van der Waals surface area contributed by atoms with Crippen LogP contribution in [0.4, 0.5) is 8.78 Å². The number of halogens is 2. The Bertz CT molecular complexity index is 1560. The van der Waals surface area contributed by atoms with E-state index in [9.17, 15) is 14.7 Å². The molecule has 0 radical (unpaired) electrons. The Balaban J connectivity index is 1.47. The van der Waals surface area contributed by atoms with Crippen molar-refractivity contribution in [3.63, 3.8) is 0 Å². The molecule has 39 heavy (non-hydrogen) atoms. The van der Waals surface area contributed by atoms with E-state index >= 15 is 8.78 Å². The number of benzene rings is 1. The van der Waals surface area contributed by atoms with E-state index in [4.69, 9.17) is 14.5 Å². The van der Waals surface area contributed by atoms with Crippen LogP contribution in [0.5, 0.6) is 0 Å². The second-order valence-corrected chi connectivity index (χ2v) is 10.8. The van der Waals surface area contributed by atoms with Gasteiger partial charge >= 0.3 is 5.97 Å². The fraction of sp³-hybridized carbons (Fsp3) is 0.483. The lowest BCUT2D eigenvalue weighted by Gasteiger charge is -2.31. The van der Waals surface area contributed by atoms with E-state index in [0.717, 1.165) is 25.7 Å². The van der Waals surface area contributed by atoms with Gasteiger partial charge in [0.15, 0.2) is 5.60 Å². The molecule has 1 unspecified atom stereocenters. The summed E-state index contributed by atoms with van der Waals surface area (Å²) in [7, 11) is 1.72. The van der Waals surface area contributed by atoms with Gasteiger partial charge in [0, 0.05) is 30.3 Å². The molecule has 1 saturated carbocycles. The number of methoxy groups -OCH3 is 1. The van der Waals surface area contributed by atoms with Crippen molar-refractivity contribution in [2.45, 2.75) is 82.9 Å². The van der Waals surface area contributed by atoms with E-state index in [1.54, 1.807) is 20.1 Å². The number of nitrogens with zero attached hydrogens (tertiary/aromatic N) is 2. The highest BCUT2D eigenvalue weighted by Crippen LogP contribution is 2.41. The van der Waals surface area contributed by atoms with Crippen molar-refractivity contribution in [2.75, 3.05) is 7.11 Å². The normalized spacial score (nSPS) is 24.7. The zero-order valence-electron chi connectivity index (χ0n) is 22.1. The van der Waals surface area contributed by atoms with E-state index in [0.29, 0.717) is 5.56 Å². The van der Waals surface area contributed by atoms with Crippen LogP contribution in [0, 0.1) is 11.6 Å². The molecule has 4 heterocycles. The maximum absolute atomic E-state index is 16.0. The Morgan fingerprint density at radius 3 is 2.67 bits per heavy atom. The molecular weight excluding hydrogens is 508 g/mol. The summed E-state index contributed by atoms with van der Waals surface area (Å²) in [5.41, 5.74) is -0.772. The Morgan fingerprint density at radius 1 is 1.23 bits per heavy atom. The fourth-order valence-corrected chi connectivity index (χ4v) is 6.37. The Morgan fingerprint density at radius 2 is 1.97 bits per heavy atom. The summed E-state index contributed by atoms with van der Waals surface area (Å²) in [5, 5.41) is 14.5. The number of fused-ring (bicyclic) bond motifs is 5. The molecule has 3 aliphatic rings. The Labute approximate surface area is 224 Å². The van der Waals surface area contributed by atoms with Crippen LogP contribution in [0.1, 0.15) is 74.2 Å². The first-order valence-corrected chi connectivity index (χ1v) is 13.4. The van der Waals surface area contributed by atoms with Crippen molar-refractivity contribution in [3.8, 4) is 11.4 Å². The van der Waals surface area contributed by atoms with Crippen molar-refractivity contribution in [2.24, 2.45) is 0 Å². The topological polar surface area (TPSA) is 103 Å². The van der Waals surface area contributed by atoms with Crippen LogP contribution in [0.3, 0.4) is 0 Å². The minimum Gasteiger partial charge on any atom is -0.458 e. The molecule has 10 heteroatoms. The van der Waals surface area contributed by atoms with Crippen LogP contribution >= 0.6 is 0 Å². The van der Waals surface area contributed by atoms with Gasteiger partial charge in [-0.05, 0) is 56.7 Å². The molecule has 1 fully saturated rings. The second-order valence-electron chi connectivity index (χ2n) is 10.8. The van der Waals surface area contributed by atoms with Gasteiger partial charge < -0.3 is 24.5 Å². The lowest BCUT2D eigenvalue weighted by atomic mass is 9.86. The van der Waals surface area contributed by atoms with Crippen LogP contribution in [0.15, 0.2) is 23.0 Å². The first-order chi connectivity index (χ1) is 18.7. The van der Waals surface area contributed by atoms with Gasteiger partial charge in [0.2, 0.25) is 0 Å². The van der Waals surface area contributed by atoms with Gasteiger partial charge in [0.25, 0.3) is 5.56 Å². The number of hydrogen-bond acceptors (Lipinski definition) is 7. The zero-order chi connectivity index (χ0) is 27.6. The highest BCUT2D eigenvalue weighted by atomic mass is 19.1. The first-order valence-electron chi connectivity index (χ1n) is 13.4. The van der Waals surface area contributed by atoms with Crippen molar-refractivity contribution >= 4 is 16.9 Å². The number of carbonyl (C=O) groups excluding carboxylic acids is 1. The molecule has 206 valence electrons. The van der Waals surface area contributed by atoms with Crippen molar-refractivity contribution in [1.82, 2.24) is 14.9 Å². The van der Waals surface area contributed by atoms with Gasteiger partial charge in [-0.2, -0.15) is 0 Å². The maximum atomic E-state index is 16.0. The average molecular weight is 540 g/mol. The molecular formula is C29H31F2N3O5. The van der Waals surface area contributed by atoms with Crippen LogP contribution < -0.4 is 10.9 Å². The van der Waals surface area contributed by atoms with Gasteiger partial charge in [0.05, 0.1) is 40.5 Å². The molecule has 2 N–H and O–H groups in total. The lowest BCUT2D eigenvalue weighted by Crippen LogP contribution is -2.44. The summed E-state index contributed by atoms with van der Waals surface area (Å²) in [6, 6.07) is 4.40. The minimum atomic E-state index is -1.99. The Hall–Kier alpha value is -3.21. The molecule has 6 rings (SSSR count). The van der Waals surface area contributed by atoms with E-state index < -0.39 is 28.8 Å². The molecule has 2 aromatic heterocycles. The molecule has 0 spiro atoms. The largest absolute Gasteiger partial charge is 0.458 e. The Kier molecular flexibility index (Phi) is 6.32. The number of carbonyl (C=O) groups is 1. The van der Waals surface area contributed by atoms with E-state index in [1.165, 1.54) is 16.7 Å². The molecule has 8 nitrogen and oxygen atoms in total. The minimum absolute atomic E-state index is 0.00106. The SMILES string of the molecule is CC[C@@]1(O)C(=O)OCc2c1cc1n(c2=O)Cc2c-1nc1c(C(C)NC3CCC(OC)CC3)ccc(F)c1c2F. The van der Waals surface area contributed by atoms with Crippen molar-refractivity contribution < 1.29 is 28.2 Å².